The summed E-state index contributed by atoms with van der Waals surface area (Å²) in [6.45, 7) is 0.209. The zero-order chi connectivity index (χ0) is 21.4. The number of hydrogen-bond acceptors (Lipinski definition) is 4. The molecule has 1 saturated carbocycles. The zero-order valence-corrected chi connectivity index (χ0v) is 16.8. The Morgan fingerprint density at radius 2 is 1.58 bits per heavy atom. The summed E-state index contributed by atoms with van der Waals surface area (Å²) >= 11 is 0. The minimum atomic E-state index is -0.860. The van der Waals surface area contributed by atoms with Crippen LogP contribution in [0, 0.1) is 5.92 Å². The Morgan fingerprint density at radius 1 is 0.968 bits per heavy atom. The van der Waals surface area contributed by atoms with E-state index in [1.807, 2.05) is 36.4 Å². The Morgan fingerprint density at radius 3 is 2.16 bits per heavy atom. The molecule has 156 valence electrons. The molecule has 0 bridgehead atoms. The molecule has 5 rings (SSSR count). The van der Waals surface area contributed by atoms with E-state index in [1.165, 1.54) is 11.1 Å². The first-order valence-electron chi connectivity index (χ1n) is 10.3. The van der Waals surface area contributed by atoms with Gasteiger partial charge in [0.15, 0.2) is 0 Å². The standard InChI is InChI=1S/C25H22N2O4/c28-23(29)16-13-25(14-16,22-11-5-6-12-26-22)27-24(30)31-15-21-19-9-3-1-7-17(19)18-8-2-4-10-20(18)21/h1-12,16,21H,13-15H2,(H,27,30)(H,28,29). The summed E-state index contributed by atoms with van der Waals surface area (Å²) in [5, 5.41) is 12.2. The number of pyridine rings is 1. The number of nitrogens with one attached hydrogen (secondary N) is 1. The summed E-state index contributed by atoms with van der Waals surface area (Å²) in [5.74, 6) is -1.39. The molecule has 6 nitrogen and oxygen atoms in total. The highest BCUT2D eigenvalue weighted by Crippen LogP contribution is 2.46. The molecule has 1 amide bonds. The Kier molecular flexibility index (Phi) is 4.70. The van der Waals surface area contributed by atoms with E-state index in [1.54, 1.807) is 12.3 Å². The molecule has 0 aliphatic heterocycles. The number of fused-ring (bicyclic) bond motifs is 3. The maximum Gasteiger partial charge on any atom is 0.407 e. The molecule has 2 aliphatic carbocycles. The quantitative estimate of drug-likeness (QED) is 0.649. The molecule has 0 saturated heterocycles. The summed E-state index contributed by atoms with van der Waals surface area (Å²) < 4.78 is 5.66. The first-order chi connectivity index (χ1) is 15.1. The monoisotopic (exact) mass is 414 g/mol. The number of amides is 1. The van der Waals surface area contributed by atoms with Gasteiger partial charge >= 0.3 is 12.1 Å². The van der Waals surface area contributed by atoms with Crippen molar-refractivity contribution in [1.29, 1.82) is 0 Å². The van der Waals surface area contributed by atoms with Gasteiger partial charge in [-0.2, -0.15) is 0 Å². The van der Waals surface area contributed by atoms with Crippen LogP contribution < -0.4 is 5.32 Å². The number of carboxylic acid groups (broad SMARTS) is 1. The van der Waals surface area contributed by atoms with Gasteiger partial charge < -0.3 is 15.2 Å². The van der Waals surface area contributed by atoms with E-state index in [0.717, 1.165) is 11.1 Å². The Labute approximate surface area is 179 Å². The predicted molar refractivity (Wildman–Crippen MR) is 114 cm³/mol. The molecule has 0 unspecified atom stereocenters. The number of nitrogens with zero attached hydrogens (tertiary/aromatic N) is 1. The molecule has 0 spiro atoms. The van der Waals surface area contributed by atoms with Gasteiger partial charge in [-0.3, -0.25) is 9.78 Å². The van der Waals surface area contributed by atoms with Gasteiger partial charge in [0.25, 0.3) is 0 Å². The van der Waals surface area contributed by atoms with E-state index in [4.69, 9.17) is 4.74 Å². The van der Waals surface area contributed by atoms with Gasteiger partial charge in [-0.1, -0.05) is 54.6 Å². The Bertz CT molecular complexity index is 1090. The fraction of sp³-hybridized carbons (Fsp3) is 0.240. The van der Waals surface area contributed by atoms with Crippen LogP contribution in [0.15, 0.2) is 72.9 Å². The van der Waals surface area contributed by atoms with Crippen molar-refractivity contribution in [2.75, 3.05) is 6.61 Å². The average Bonchev–Trinajstić information content (AvgIpc) is 3.09. The van der Waals surface area contributed by atoms with Crippen molar-refractivity contribution in [3.05, 3.63) is 89.7 Å². The lowest BCUT2D eigenvalue weighted by Gasteiger charge is -2.45. The summed E-state index contributed by atoms with van der Waals surface area (Å²) in [4.78, 5) is 28.5. The number of carbonyl (C=O) groups is 2. The molecule has 31 heavy (non-hydrogen) atoms. The fourth-order valence-electron chi connectivity index (χ4n) is 4.81. The lowest BCUT2D eigenvalue weighted by molar-refractivity contribution is -0.148. The lowest BCUT2D eigenvalue weighted by Crippen LogP contribution is -2.57. The summed E-state index contributed by atoms with van der Waals surface area (Å²) in [7, 11) is 0. The number of ether oxygens (including phenoxy) is 1. The van der Waals surface area contributed by atoms with Gasteiger partial charge in [-0.05, 0) is 47.2 Å². The molecule has 1 heterocycles. The van der Waals surface area contributed by atoms with Crippen LogP contribution in [0.3, 0.4) is 0 Å². The SMILES string of the molecule is O=C(NC1(c2ccccn2)CC(C(=O)O)C1)OCC1c2ccccc2-c2ccccc21. The highest BCUT2D eigenvalue weighted by Gasteiger charge is 2.51. The predicted octanol–water partition coefficient (Wildman–Crippen LogP) is 4.31. The van der Waals surface area contributed by atoms with Crippen LogP contribution in [0.1, 0.15) is 35.6 Å². The van der Waals surface area contributed by atoms with Gasteiger partial charge in [0.1, 0.15) is 6.61 Å². The number of alkyl carbamates (subject to hydrolysis) is 1. The van der Waals surface area contributed by atoms with Crippen LogP contribution in [0.2, 0.25) is 0 Å². The van der Waals surface area contributed by atoms with Crippen molar-refractivity contribution in [3.8, 4) is 11.1 Å². The number of carbonyl (C=O) groups excluding carboxylic acids is 1. The van der Waals surface area contributed by atoms with Crippen molar-refractivity contribution in [2.24, 2.45) is 5.92 Å². The van der Waals surface area contributed by atoms with Crippen molar-refractivity contribution >= 4 is 12.1 Å². The molecule has 0 radical (unpaired) electrons. The van der Waals surface area contributed by atoms with Gasteiger partial charge in [-0.25, -0.2) is 4.79 Å². The van der Waals surface area contributed by atoms with Crippen LogP contribution in [0.4, 0.5) is 4.79 Å². The Hall–Kier alpha value is -3.67. The van der Waals surface area contributed by atoms with Gasteiger partial charge in [0.05, 0.1) is 17.2 Å². The molecule has 2 aliphatic rings. The third-order valence-electron chi connectivity index (χ3n) is 6.38. The highest BCUT2D eigenvalue weighted by molar-refractivity contribution is 5.79. The van der Waals surface area contributed by atoms with Gasteiger partial charge in [-0.15, -0.1) is 0 Å². The molecular formula is C25H22N2O4. The van der Waals surface area contributed by atoms with E-state index in [-0.39, 0.29) is 12.5 Å². The number of carboxylic acids is 1. The van der Waals surface area contributed by atoms with Crippen LogP contribution in [0.5, 0.6) is 0 Å². The molecule has 2 aromatic carbocycles. The van der Waals surface area contributed by atoms with Crippen LogP contribution in [-0.2, 0) is 15.1 Å². The van der Waals surface area contributed by atoms with Gasteiger partial charge in [0.2, 0.25) is 0 Å². The van der Waals surface area contributed by atoms with Crippen molar-refractivity contribution < 1.29 is 19.4 Å². The molecule has 1 fully saturated rings. The molecule has 1 aromatic heterocycles. The number of benzene rings is 2. The van der Waals surface area contributed by atoms with E-state index in [2.05, 4.69) is 34.6 Å². The topological polar surface area (TPSA) is 88.5 Å². The van der Waals surface area contributed by atoms with E-state index >= 15 is 0 Å². The number of rotatable bonds is 5. The molecule has 0 atom stereocenters. The molecular weight excluding hydrogens is 392 g/mol. The third-order valence-corrected chi connectivity index (χ3v) is 6.38. The second-order valence-electron chi connectivity index (χ2n) is 8.19. The average molecular weight is 414 g/mol. The summed E-state index contributed by atoms with van der Waals surface area (Å²) in [6.07, 6.45) is 1.67. The smallest absolute Gasteiger partial charge is 0.407 e. The van der Waals surface area contributed by atoms with E-state index in [9.17, 15) is 14.7 Å². The second kappa shape index (κ2) is 7.54. The normalized spacial score (nSPS) is 21.5. The third kappa shape index (κ3) is 3.34. The first kappa shape index (κ1) is 19.3. The van der Waals surface area contributed by atoms with Crippen LogP contribution in [-0.4, -0.2) is 28.8 Å². The maximum atomic E-state index is 12.8. The maximum absolute atomic E-state index is 12.8. The number of aromatic nitrogens is 1. The minimum absolute atomic E-state index is 0.0305. The summed E-state index contributed by atoms with van der Waals surface area (Å²) in [5.41, 5.74) is 4.46. The highest BCUT2D eigenvalue weighted by atomic mass is 16.5. The van der Waals surface area contributed by atoms with Crippen molar-refractivity contribution in [2.45, 2.75) is 24.3 Å². The zero-order valence-electron chi connectivity index (χ0n) is 16.8. The van der Waals surface area contributed by atoms with Crippen LogP contribution in [0.25, 0.3) is 11.1 Å². The Balaban J connectivity index is 1.32. The van der Waals surface area contributed by atoms with E-state index < -0.39 is 23.5 Å². The second-order valence-corrected chi connectivity index (χ2v) is 8.19. The largest absolute Gasteiger partial charge is 0.481 e. The lowest BCUT2D eigenvalue weighted by atomic mass is 9.66. The molecule has 3 aromatic rings. The molecule has 6 heteroatoms. The minimum Gasteiger partial charge on any atom is -0.481 e. The number of hydrogen-bond donors (Lipinski definition) is 2. The van der Waals surface area contributed by atoms with Gasteiger partial charge in [0, 0.05) is 12.1 Å². The first-order valence-corrected chi connectivity index (χ1v) is 10.3. The molecule has 2 N–H and O–H groups in total. The summed E-state index contributed by atoms with van der Waals surface area (Å²) in [6, 6.07) is 21.8. The fourth-order valence-corrected chi connectivity index (χ4v) is 4.81. The van der Waals surface area contributed by atoms with Crippen molar-refractivity contribution in [1.82, 2.24) is 10.3 Å². The van der Waals surface area contributed by atoms with Crippen LogP contribution >= 0.6 is 0 Å². The number of aliphatic carboxylic acids is 1. The van der Waals surface area contributed by atoms with E-state index in [0.29, 0.717) is 18.5 Å². The van der Waals surface area contributed by atoms with Crippen molar-refractivity contribution in [3.63, 3.8) is 0 Å².